The van der Waals surface area contributed by atoms with Gasteiger partial charge in [0.05, 0.1) is 11.8 Å². The molecule has 0 aliphatic carbocycles. The number of carbonyl (C=O) groups excluding carboxylic acids is 1. The van der Waals surface area contributed by atoms with E-state index in [1.165, 1.54) is 35.2 Å². The van der Waals surface area contributed by atoms with Gasteiger partial charge in [-0.2, -0.15) is 9.78 Å². The second kappa shape index (κ2) is 8.16. The number of aromatic nitrogens is 4. The first-order valence-electron chi connectivity index (χ1n) is 9.35. The summed E-state index contributed by atoms with van der Waals surface area (Å²) in [7, 11) is 0. The second-order valence-corrected chi connectivity index (χ2v) is 6.55. The van der Waals surface area contributed by atoms with Crippen LogP contribution in [0, 0.1) is 5.82 Å². The SMILES string of the molecule is CCCc1cc(=O)[nH]c(-n2nc(-c3ccco3)cc2NC(=O)c2ccccc2F)n1. The van der Waals surface area contributed by atoms with Gasteiger partial charge in [0.2, 0.25) is 5.95 Å². The Balaban J connectivity index is 1.79. The van der Waals surface area contributed by atoms with Gasteiger partial charge in [0.25, 0.3) is 11.5 Å². The molecule has 3 aromatic heterocycles. The molecule has 30 heavy (non-hydrogen) atoms. The Kier molecular flexibility index (Phi) is 5.25. The minimum atomic E-state index is -0.660. The quantitative estimate of drug-likeness (QED) is 0.508. The van der Waals surface area contributed by atoms with Crippen molar-refractivity contribution in [3.63, 3.8) is 0 Å². The molecule has 9 heteroatoms. The van der Waals surface area contributed by atoms with Gasteiger partial charge in [-0.1, -0.05) is 25.5 Å². The molecule has 0 bridgehead atoms. The number of aromatic amines is 1. The van der Waals surface area contributed by atoms with Crippen LogP contribution in [0.1, 0.15) is 29.4 Å². The van der Waals surface area contributed by atoms with E-state index in [2.05, 4.69) is 20.4 Å². The second-order valence-electron chi connectivity index (χ2n) is 6.55. The number of hydrogen-bond acceptors (Lipinski definition) is 5. The van der Waals surface area contributed by atoms with Gasteiger partial charge in [0, 0.05) is 17.8 Å². The summed E-state index contributed by atoms with van der Waals surface area (Å²) in [6.45, 7) is 1.98. The number of halogens is 1. The maximum atomic E-state index is 14.0. The van der Waals surface area contributed by atoms with Crippen LogP contribution in [-0.4, -0.2) is 25.7 Å². The summed E-state index contributed by atoms with van der Waals surface area (Å²) < 4.78 is 20.7. The van der Waals surface area contributed by atoms with Crippen LogP contribution in [-0.2, 0) is 6.42 Å². The molecule has 0 unspecified atom stereocenters. The molecule has 8 nitrogen and oxygen atoms in total. The van der Waals surface area contributed by atoms with E-state index in [0.29, 0.717) is 23.6 Å². The van der Waals surface area contributed by atoms with Crippen LogP contribution in [0.5, 0.6) is 0 Å². The smallest absolute Gasteiger partial charge is 0.259 e. The van der Waals surface area contributed by atoms with Crippen molar-refractivity contribution in [3.8, 4) is 17.4 Å². The molecule has 0 radical (unpaired) electrons. The average Bonchev–Trinajstić information content (AvgIpc) is 3.38. The fourth-order valence-corrected chi connectivity index (χ4v) is 2.98. The number of furan rings is 1. The molecule has 4 aromatic rings. The molecule has 0 aliphatic rings. The standard InChI is InChI=1S/C21H18FN5O3/c1-2-6-13-11-19(28)25-21(23-13)27-18(12-16(26-27)17-9-5-10-30-17)24-20(29)14-7-3-4-8-15(14)22/h3-5,7-12H,2,6H2,1H3,(H,24,29)(H,23,25,28). The molecular weight excluding hydrogens is 389 g/mol. The predicted octanol–water partition coefficient (Wildman–Crippen LogP) is 3.56. The number of nitrogens with zero attached hydrogens (tertiary/aromatic N) is 3. The summed E-state index contributed by atoms with van der Waals surface area (Å²) in [6.07, 6.45) is 2.91. The zero-order valence-electron chi connectivity index (χ0n) is 16.1. The minimum Gasteiger partial charge on any atom is -0.463 e. The summed E-state index contributed by atoms with van der Waals surface area (Å²) in [5, 5.41) is 7.05. The molecule has 0 aliphatic heterocycles. The Morgan fingerprint density at radius 2 is 2.07 bits per heavy atom. The van der Waals surface area contributed by atoms with Crippen LogP contribution in [0.25, 0.3) is 17.4 Å². The lowest BCUT2D eigenvalue weighted by Gasteiger charge is -2.09. The maximum absolute atomic E-state index is 14.0. The van der Waals surface area contributed by atoms with Gasteiger partial charge < -0.3 is 9.73 Å². The van der Waals surface area contributed by atoms with E-state index < -0.39 is 11.7 Å². The monoisotopic (exact) mass is 407 g/mol. The van der Waals surface area contributed by atoms with Crippen molar-refractivity contribution >= 4 is 11.7 Å². The third kappa shape index (κ3) is 3.90. The van der Waals surface area contributed by atoms with Crippen molar-refractivity contribution < 1.29 is 13.6 Å². The summed E-state index contributed by atoms with van der Waals surface area (Å²) in [6, 6.07) is 12.0. The molecule has 1 aromatic carbocycles. The Morgan fingerprint density at radius 3 is 2.80 bits per heavy atom. The Morgan fingerprint density at radius 1 is 1.23 bits per heavy atom. The summed E-state index contributed by atoms with van der Waals surface area (Å²) in [4.78, 5) is 31.8. The van der Waals surface area contributed by atoms with Crippen molar-refractivity contribution in [2.45, 2.75) is 19.8 Å². The van der Waals surface area contributed by atoms with E-state index in [-0.39, 0.29) is 22.9 Å². The lowest BCUT2D eigenvalue weighted by Crippen LogP contribution is -2.20. The molecule has 1 amide bonds. The number of benzene rings is 1. The van der Waals surface area contributed by atoms with Gasteiger partial charge in [-0.05, 0) is 30.7 Å². The molecule has 2 N–H and O–H groups in total. The number of H-pyrrole nitrogens is 1. The minimum absolute atomic E-state index is 0.119. The molecule has 152 valence electrons. The molecular formula is C21H18FN5O3. The van der Waals surface area contributed by atoms with Crippen LogP contribution < -0.4 is 10.9 Å². The summed E-state index contributed by atoms with van der Waals surface area (Å²) >= 11 is 0. The molecule has 0 spiro atoms. The van der Waals surface area contributed by atoms with Crippen molar-refractivity contribution in [2.75, 3.05) is 5.32 Å². The van der Waals surface area contributed by atoms with Crippen molar-refractivity contribution in [2.24, 2.45) is 0 Å². The van der Waals surface area contributed by atoms with Crippen LogP contribution in [0.3, 0.4) is 0 Å². The molecule has 0 atom stereocenters. The third-order valence-corrected chi connectivity index (χ3v) is 4.33. The van der Waals surface area contributed by atoms with Crippen LogP contribution in [0.2, 0.25) is 0 Å². The molecule has 4 rings (SSSR count). The van der Waals surface area contributed by atoms with E-state index in [0.717, 1.165) is 6.42 Å². The highest BCUT2D eigenvalue weighted by Gasteiger charge is 2.19. The van der Waals surface area contributed by atoms with Crippen LogP contribution in [0.4, 0.5) is 10.2 Å². The highest BCUT2D eigenvalue weighted by Crippen LogP contribution is 2.24. The van der Waals surface area contributed by atoms with Gasteiger partial charge in [-0.3, -0.25) is 14.6 Å². The fraction of sp³-hybridized carbons (Fsp3) is 0.143. The fourth-order valence-electron chi connectivity index (χ4n) is 2.98. The van der Waals surface area contributed by atoms with Crippen molar-refractivity contribution in [1.29, 1.82) is 0 Å². The van der Waals surface area contributed by atoms with Crippen LogP contribution >= 0.6 is 0 Å². The number of nitrogens with one attached hydrogen (secondary N) is 2. The average molecular weight is 407 g/mol. The topological polar surface area (TPSA) is 106 Å². The van der Waals surface area contributed by atoms with Gasteiger partial charge in [0.15, 0.2) is 5.76 Å². The van der Waals surface area contributed by atoms with Gasteiger partial charge in [-0.25, -0.2) is 9.37 Å². The summed E-state index contributed by atoms with van der Waals surface area (Å²) in [5.74, 6) is -0.516. The van der Waals surface area contributed by atoms with E-state index in [1.54, 1.807) is 24.3 Å². The highest BCUT2D eigenvalue weighted by molar-refractivity contribution is 6.04. The van der Waals surface area contributed by atoms with E-state index in [4.69, 9.17) is 4.42 Å². The van der Waals surface area contributed by atoms with Gasteiger partial charge in [0.1, 0.15) is 17.3 Å². The number of hydrogen-bond donors (Lipinski definition) is 2. The number of aryl methyl sites for hydroxylation is 1. The van der Waals surface area contributed by atoms with E-state index in [1.807, 2.05) is 6.92 Å². The lowest BCUT2D eigenvalue weighted by atomic mass is 10.2. The van der Waals surface area contributed by atoms with Crippen molar-refractivity contribution in [1.82, 2.24) is 19.7 Å². The Hall–Kier alpha value is -4.01. The normalized spacial score (nSPS) is 10.9. The third-order valence-electron chi connectivity index (χ3n) is 4.33. The largest absolute Gasteiger partial charge is 0.463 e. The number of carbonyl (C=O) groups is 1. The van der Waals surface area contributed by atoms with Gasteiger partial charge in [-0.15, -0.1) is 0 Å². The first-order valence-corrected chi connectivity index (χ1v) is 9.35. The molecule has 0 saturated heterocycles. The molecule has 0 saturated carbocycles. The maximum Gasteiger partial charge on any atom is 0.259 e. The van der Waals surface area contributed by atoms with Crippen LogP contribution in [0.15, 0.2) is 64.0 Å². The number of amides is 1. The first-order chi connectivity index (χ1) is 14.5. The number of rotatable bonds is 6. The molecule has 0 fully saturated rings. The Labute approximate surface area is 170 Å². The lowest BCUT2D eigenvalue weighted by molar-refractivity contribution is 0.102. The first kappa shape index (κ1) is 19.3. The molecule has 3 heterocycles. The van der Waals surface area contributed by atoms with E-state index in [9.17, 15) is 14.0 Å². The highest BCUT2D eigenvalue weighted by atomic mass is 19.1. The number of anilines is 1. The zero-order valence-corrected chi connectivity index (χ0v) is 16.1. The summed E-state index contributed by atoms with van der Waals surface area (Å²) in [5.41, 5.74) is 0.543. The Bertz CT molecular complexity index is 1240. The van der Waals surface area contributed by atoms with Crippen molar-refractivity contribution in [3.05, 3.63) is 82.2 Å². The predicted molar refractivity (Wildman–Crippen MR) is 108 cm³/mol. The van der Waals surface area contributed by atoms with Gasteiger partial charge >= 0.3 is 0 Å². The van der Waals surface area contributed by atoms with E-state index >= 15 is 0 Å². The zero-order chi connectivity index (χ0) is 21.1.